The van der Waals surface area contributed by atoms with Crippen LogP contribution in [0.25, 0.3) is 0 Å². The number of unbranched alkanes of at least 4 members (excludes halogenated alkanes) is 21. The van der Waals surface area contributed by atoms with E-state index >= 15 is 0 Å². The SMILES string of the molecule is CC\C=C/C=C/C=C/C=C\C=C\C=C\CCCC(CC(=O)NC(CO)C(O)CCCCCCCCCCCCCCCC)OC(=O)CCCCCCC/C=C\CCCC. The molecule has 1 amide bonds. The van der Waals surface area contributed by atoms with Crippen LogP contribution in [0.5, 0.6) is 0 Å². The molecule has 0 bridgehead atoms. The molecule has 59 heavy (non-hydrogen) atoms. The van der Waals surface area contributed by atoms with Gasteiger partial charge in [0.2, 0.25) is 5.91 Å². The predicted molar refractivity (Wildman–Crippen MR) is 254 cm³/mol. The quantitative estimate of drug-likeness (QED) is 0.0247. The monoisotopic (exact) mass is 822 g/mol. The van der Waals surface area contributed by atoms with Gasteiger partial charge < -0.3 is 20.3 Å². The second-order valence-corrected chi connectivity index (χ2v) is 16.3. The number of aliphatic hydroxyl groups is 2. The van der Waals surface area contributed by atoms with Crippen LogP contribution in [0.2, 0.25) is 0 Å². The molecule has 0 saturated heterocycles. The van der Waals surface area contributed by atoms with Gasteiger partial charge in [-0.1, -0.05) is 228 Å². The Labute approximate surface area is 363 Å². The summed E-state index contributed by atoms with van der Waals surface area (Å²) in [6.45, 7) is 6.26. The number of hydrogen-bond acceptors (Lipinski definition) is 5. The van der Waals surface area contributed by atoms with Crippen LogP contribution < -0.4 is 5.32 Å². The third-order valence-corrected chi connectivity index (χ3v) is 10.6. The second-order valence-electron chi connectivity index (χ2n) is 16.3. The van der Waals surface area contributed by atoms with Gasteiger partial charge in [-0.15, -0.1) is 0 Å². The summed E-state index contributed by atoms with van der Waals surface area (Å²) in [5.41, 5.74) is 0. The molecule has 0 heterocycles. The summed E-state index contributed by atoms with van der Waals surface area (Å²) >= 11 is 0. The highest BCUT2D eigenvalue weighted by Crippen LogP contribution is 2.17. The van der Waals surface area contributed by atoms with Crippen molar-refractivity contribution in [3.8, 4) is 0 Å². The molecule has 0 radical (unpaired) electrons. The topological polar surface area (TPSA) is 95.9 Å². The lowest BCUT2D eigenvalue weighted by Crippen LogP contribution is -2.46. The van der Waals surface area contributed by atoms with E-state index < -0.39 is 18.2 Å². The smallest absolute Gasteiger partial charge is 0.306 e. The van der Waals surface area contributed by atoms with Gasteiger partial charge in [-0.25, -0.2) is 0 Å². The first-order chi connectivity index (χ1) is 29.0. The lowest BCUT2D eigenvalue weighted by atomic mass is 10.0. The number of hydrogen-bond donors (Lipinski definition) is 3. The fourth-order valence-electron chi connectivity index (χ4n) is 6.92. The molecule has 0 rings (SSSR count). The molecular weight excluding hydrogens is 731 g/mol. The fourth-order valence-corrected chi connectivity index (χ4v) is 6.92. The van der Waals surface area contributed by atoms with E-state index in [0.717, 1.165) is 70.6 Å². The Bertz CT molecular complexity index is 1150. The van der Waals surface area contributed by atoms with Gasteiger partial charge >= 0.3 is 5.97 Å². The summed E-state index contributed by atoms with van der Waals surface area (Å²) in [5, 5.41) is 23.7. The number of allylic oxidation sites excluding steroid dienone is 14. The van der Waals surface area contributed by atoms with Crippen LogP contribution in [0.15, 0.2) is 85.1 Å². The van der Waals surface area contributed by atoms with E-state index in [4.69, 9.17) is 4.74 Å². The zero-order valence-corrected chi connectivity index (χ0v) is 38.4. The minimum atomic E-state index is -0.812. The van der Waals surface area contributed by atoms with E-state index in [2.05, 4.69) is 50.4 Å². The zero-order valence-electron chi connectivity index (χ0n) is 38.4. The number of aliphatic hydroxyl groups excluding tert-OH is 2. The standard InChI is InChI=1S/C53H91NO5/c1-4-7-10-13-16-19-22-24-26-27-30-32-35-38-41-44-49(59-53(58)46-43-40-37-34-29-21-18-15-12-9-6-3)47-52(57)54-50(48-55)51(56)45-42-39-36-33-31-28-25-23-20-17-14-11-8-5-2/h7,10,13,15-16,18-19,22,24,26-27,30,32,35,49-51,55-56H,4-6,8-9,11-12,14,17,20-21,23,25,28-29,31,33-34,36-48H2,1-3H3,(H,54,57)/b10-7-,16-13+,18-15-,22-19+,26-24-,30-27+,35-32+. The molecule has 0 aliphatic heterocycles. The number of rotatable bonds is 42. The Kier molecular flexibility index (Phi) is 43.8. The summed E-state index contributed by atoms with van der Waals surface area (Å²) in [7, 11) is 0. The summed E-state index contributed by atoms with van der Waals surface area (Å²) in [6.07, 6.45) is 59.3. The number of nitrogens with one attached hydrogen (secondary N) is 1. The first kappa shape index (κ1) is 56.0. The number of ether oxygens (including phenoxy) is 1. The van der Waals surface area contributed by atoms with Gasteiger partial charge in [-0.05, 0) is 57.8 Å². The van der Waals surface area contributed by atoms with Crippen molar-refractivity contribution in [2.24, 2.45) is 0 Å². The Hall–Kier alpha value is -2.96. The van der Waals surface area contributed by atoms with Crippen molar-refractivity contribution in [2.75, 3.05) is 6.61 Å². The van der Waals surface area contributed by atoms with Crippen molar-refractivity contribution in [2.45, 2.75) is 232 Å². The maximum Gasteiger partial charge on any atom is 0.306 e. The van der Waals surface area contributed by atoms with Gasteiger partial charge in [0.25, 0.3) is 0 Å². The molecule has 0 aliphatic rings. The number of amides is 1. The molecule has 0 aromatic rings. The Morgan fingerprint density at radius 2 is 0.966 bits per heavy atom. The molecule has 0 spiro atoms. The van der Waals surface area contributed by atoms with Gasteiger partial charge in [-0.3, -0.25) is 9.59 Å². The van der Waals surface area contributed by atoms with E-state index in [0.29, 0.717) is 19.3 Å². The highest BCUT2D eigenvalue weighted by molar-refractivity contribution is 5.77. The third kappa shape index (κ3) is 41.6. The average molecular weight is 822 g/mol. The maximum atomic E-state index is 13.2. The minimum absolute atomic E-state index is 0.0194. The van der Waals surface area contributed by atoms with Crippen molar-refractivity contribution in [1.82, 2.24) is 5.32 Å². The van der Waals surface area contributed by atoms with Crippen LogP contribution in [0.4, 0.5) is 0 Å². The average Bonchev–Trinajstić information content (AvgIpc) is 3.23. The normalized spacial score (nSPS) is 14.1. The van der Waals surface area contributed by atoms with Crippen LogP contribution in [-0.2, 0) is 14.3 Å². The van der Waals surface area contributed by atoms with Crippen molar-refractivity contribution in [3.63, 3.8) is 0 Å². The van der Waals surface area contributed by atoms with E-state index in [-0.39, 0.29) is 24.9 Å². The van der Waals surface area contributed by atoms with E-state index in [1.165, 1.54) is 96.3 Å². The molecule has 3 atom stereocenters. The lowest BCUT2D eigenvalue weighted by Gasteiger charge is -2.24. The summed E-state index contributed by atoms with van der Waals surface area (Å²) in [5.74, 6) is -0.566. The van der Waals surface area contributed by atoms with Crippen LogP contribution in [0, 0.1) is 0 Å². The third-order valence-electron chi connectivity index (χ3n) is 10.6. The number of carbonyl (C=O) groups excluding carboxylic acids is 2. The predicted octanol–water partition coefficient (Wildman–Crippen LogP) is 14.4. The van der Waals surface area contributed by atoms with Gasteiger partial charge in [0, 0.05) is 6.42 Å². The zero-order chi connectivity index (χ0) is 43.1. The van der Waals surface area contributed by atoms with Gasteiger partial charge in [0.15, 0.2) is 0 Å². The Morgan fingerprint density at radius 3 is 1.51 bits per heavy atom. The number of esters is 1. The Balaban J connectivity index is 4.74. The molecule has 338 valence electrons. The van der Waals surface area contributed by atoms with Crippen molar-refractivity contribution < 1.29 is 24.5 Å². The molecule has 3 N–H and O–H groups in total. The van der Waals surface area contributed by atoms with Crippen LogP contribution in [0.1, 0.15) is 213 Å². The molecule has 0 fully saturated rings. The molecule has 6 nitrogen and oxygen atoms in total. The fraction of sp³-hybridized carbons (Fsp3) is 0.698. The summed E-state index contributed by atoms with van der Waals surface area (Å²) < 4.78 is 5.87. The van der Waals surface area contributed by atoms with Crippen LogP contribution >= 0.6 is 0 Å². The molecule has 6 heteroatoms. The molecule has 0 aromatic carbocycles. The van der Waals surface area contributed by atoms with Crippen LogP contribution in [0.3, 0.4) is 0 Å². The molecular formula is C53H91NO5. The van der Waals surface area contributed by atoms with Crippen molar-refractivity contribution >= 4 is 11.9 Å². The van der Waals surface area contributed by atoms with Crippen molar-refractivity contribution in [1.29, 1.82) is 0 Å². The Morgan fingerprint density at radius 1 is 0.508 bits per heavy atom. The van der Waals surface area contributed by atoms with Gasteiger partial charge in [0.1, 0.15) is 6.10 Å². The highest BCUT2D eigenvalue weighted by atomic mass is 16.5. The number of carbonyl (C=O) groups is 2. The molecule has 0 aliphatic carbocycles. The largest absolute Gasteiger partial charge is 0.462 e. The summed E-state index contributed by atoms with van der Waals surface area (Å²) in [6, 6.07) is -0.730. The van der Waals surface area contributed by atoms with Gasteiger partial charge in [0.05, 0.1) is 25.2 Å². The first-order valence-corrected chi connectivity index (χ1v) is 24.4. The lowest BCUT2D eigenvalue weighted by molar-refractivity contribution is -0.151. The maximum absolute atomic E-state index is 13.2. The summed E-state index contributed by atoms with van der Waals surface area (Å²) in [4.78, 5) is 26.0. The second kappa shape index (κ2) is 46.1. The minimum Gasteiger partial charge on any atom is -0.462 e. The van der Waals surface area contributed by atoms with E-state index in [9.17, 15) is 19.8 Å². The van der Waals surface area contributed by atoms with Gasteiger partial charge in [-0.2, -0.15) is 0 Å². The molecule has 0 saturated carbocycles. The van der Waals surface area contributed by atoms with Crippen LogP contribution in [-0.4, -0.2) is 46.9 Å². The molecule has 0 aromatic heterocycles. The van der Waals surface area contributed by atoms with E-state index in [1.54, 1.807) is 0 Å². The molecule has 3 unspecified atom stereocenters. The highest BCUT2D eigenvalue weighted by Gasteiger charge is 2.24. The first-order valence-electron chi connectivity index (χ1n) is 24.4. The van der Waals surface area contributed by atoms with Crippen molar-refractivity contribution in [3.05, 3.63) is 85.1 Å². The van der Waals surface area contributed by atoms with E-state index in [1.807, 2.05) is 60.8 Å².